The molecule has 3 N–H and O–H groups in total. The maximum Gasteiger partial charge on any atom is 0.303 e. The second-order valence-corrected chi connectivity index (χ2v) is 11.8. The molecule has 12 heteroatoms. The molecule has 1 aliphatic heterocycles. The first-order chi connectivity index (χ1) is 22.0. The van der Waals surface area contributed by atoms with Gasteiger partial charge in [0.25, 0.3) is 0 Å². The zero-order valence-electron chi connectivity index (χ0n) is 24.8. The van der Waals surface area contributed by atoms with Crippen molar-refractivity contribution < 1.29 is 29.3 Å². The van der Waals surface area contributed by atoms with E-state index in [1.807, 2.05) is 78.9 Å². The molecule has 0 bridgehead atoms. The highest BCUT2D eigenvalue weighted by molar-refractivity contribution is 7.99. The second-order valence-electron chi connectivity index (χ2n) is 10.9. The van der Waals surface area contributed by atoms with Gasteiger partial charge in [-0.1, -0.05) is 79.2 Å². The normalized spacial score (nSPS) is 18.0. The van der Waals surface area contributed by atoms with Gasteiger partial charge in [-0.25, -0.2) is 0 Å². The van der Waals surface area contributed by atoms with Crippen LogP contribution in [0.25, 0.3) is 5.69 Å². The van der Waals surface area contributed by atoms with E-state index in [1.165, 1.54) is 11.8 Å². The molecule has 3 aromatic carbocycles. The first-order valence-corrected chi connectivity index (χ1v) is 16.1. The number of carbonyl (C=O) groups is 2. The van der Waals surface area contributed by atoms with Crippen molar-refractivity contribution in [1.29, 1.82) is 0 Å². The van der Waals surface area contributed by atoms with Gasteiger partial charge in [0, 0.05) is 36.3 Å². The first kappa shape index (κ1) is 32.3. The van der Waals surface area contributed by atoms with Crippen LogP contribution in [0.1, 0.15) is 74.0 Å². The van der Waals surface area contributed by atoms with Gasteiger partial charge in [0.1, 0.15) is 0 Å². The van der Waals surface area contributed by atoms with E-state index < -0.39 is 12.3 Å². The minimum atomic E-state index is -0.792. The molecule has 1 aliphatic rings. The lowest BCUT2D eigenvalue weighted by molar-refractivity contribution is -0.245. The van der Waals surface area contributed by atoms with Crippen molar-refractivity contribution in [1.82, 2.24) is 20.2 Å². The number of nitrogens with zero attached hydrogens (tertiary/aromatic N) is 4. The summed E-state index contributed by atoms with van der Waals surface area (Å²) in [6, 6.07) is 24.9. The predicted molar refractivity (Wildman–Crippen MR) is 169 cm³/mol. The SMILES string of the molecule is O=C(O)CCCCCCC(=O)Nc1cccc([C@@H]2O[C@H](CSc3nnnn3-c3ccccc3)C[C@H](c3ccc(CO)cc3)O2)c1. The van der Waals surface area contributed by atoms with Crippen LogP contribution in [-0.4, -0.2) is 54.2 Å². The van der Waals surface area contributed by atoms with Gasteiger partial charge in [-0.15, -0.1) is 5.10 Å². The molecule has 0 radical (unpaired) electrons. The molecule has 2 heterocycles. The molecule has 1 aromatic heterocycles. The van der Waals surface area contributed by atoms with E-state index in [0.717, 1.165) is 35.2 Å². The Bertz CT molecular complexity index is 1530. The number of benzene rings is 3. The average Bonchev–Trinajstić information content (AvgIpc) is 3.54. The van der Waals surface area contributed by atoms with Gasteiger partial charge in [0.05, 0.1) is 24.5 Å². The van der Waals surface area contributed by atoms with E-state index in [0.29, 0.717) is 42.3 Å². The van der Waals surface area contributed by atoms with Crippen LogP contribution in [0, 0.1) is 0 Å². The summed E-state index contributed by atoms with van der Waals surface area (Å²) in [5.74, 6) is -0.302. The molecule has 1 saturated heterocycles. The Morgan fingerprint density at radius 2 is 1.69 bits per heavy atom. The smallest absolute Gasteiger partial charge is 0.303 e. The number of amides is 1. The van der Waals surface area contributed by atoms with Gasteiger partial charge in [0.15, 0.2) is 6.29 Å². The van der Waals surface area contributed by atoms with Crippen molar-refractivity contribution in [3.8, 4) is 5.69 Å². The maximum atomic E-state index is 12.6. The zero-order chi connectivity index (χ0) is 31.4. The molecule has 1 amide bonds. The molecule has 0 aliphatic carbocycles. The fourth-order valence-corrected chi connectivity index (χ4v) is 6.00. The molecular weight excluding hydrogens is 594 g/mol. The van der Waals surface area contributed by atoms with Crippen LogP contribution in [0.3, 0.4) is 0 Å². The van der Waals surface area contributed by atoms with Gasteiger partial charge < -0.3 is 25.0 Å². The Hall–Kier alpha value is -4.10. The number of carbonyl (C=O) groups excluding carboxylic acids is 1. The monoisotopic (exact) mass is 631 g/mol. The summed E-state index contributed by atoms with van der Waals surface area (Å²) < 4.78 is 14.7. The summed E-state index contributed by atoms with van der Waals surface area (Å²) in [6.07, 6.45) is 2.91. The van der Waals surface area contributed by atoms with Crippen LogP contribution in [-0.2, 0) is 25.7 Å². The summed E-state index contributed by atoms with van der Waals surface area (Å²) in [5.41, 5.74) is 4.11. The Balaban J connectivity index is 1.25. The third kappa shape index (κ3) is 9.44. The van der Waals surface area contributed by atoms with Crippen LogP contribution >= 0.6 is 11.8 Å². The molecule has 5 rings (SSSR count). The summed E-state index contributed by atoms with van der Waals surface area (Å²) >= 11 is 1.51. The largest absolute Gasteiger partial charge is 0.481 e. The lowest BCUT2D eigenvalue weighted by Crippen LogP contribution is -2.31. The number of carboxylic acid groups (broad SMARTS) is 1. The van der Waals surface area contributed by atoms with Crippen LogP contribution in [0.2, 0.25) is 0 Å². The number of nitrogens with one attached hydrogen (secondary N) is 1. The molecule has 0 spiro atoms. The van der Waals surface area contributed by atoms with Gasteiger partial charge in [-0.05, 0) is 58.7 Å². The van der Waals surface area contributed by atoms with Gasteiger partial charge >= 0.3 is 5.97 Å². The number of rotatable bonds is 15. The number of thioether (sulfide) groups is 1. The van der Waals surface area contributed by atoms with E-state index >= 15 is 0 Å². The molecule has 1 fully saturated rings. The number of para-hydroxylation sites is 1. The van der Waals surface area contributed by atoms with E-state index in [9.17, 15) is 14.7 Å². The number of unbranched alkanes of at least 4 members (excludes halogenated alkanes) is 3. The van der Waals surface area contributed by atoms with E-state index in [4.69, 9.17) is 14.6 Å². The topological polar surface area (TPSA) is 149 Å². The van der Waals surface area contributed by atoms with Crippen molar-refractivity contribution in [2.75, 3.05) is 11.1 Å². The minimum Gasteiger partial charge on any atom is -0.481 e. The number of aliphatic hydroxyl groups excluding tert-OH is 1. The highest BCUT2D eigenvalue weighted by atomic mass is 32.2. The average molecular weight is 632 g/mol. The predicted octanol–water partition coefficient (Wildman–Crippen LogP) is 5.86. The highest BCUT2D eigenvalue weighted by Crippen LogP contribution is 2.40. The lowest BCUT2D eigenvalue weighted by Gasteiger charge is -2.36. The Morgan fingerprint density at radius 1 is 0.911 bits per heavy atom. The fraction of sp³-hybridized carbons (Fsp3) is 0.364. The molecule has 0 unspecified atom stereocenters. The van der Waals surface area contributed by atoms with E-state index in [2.05, 4.69) is 20.8 Å². The van der Waals surface area contributed by atoms with Crippen LogP contribution < -0.4 is 5.32 Å². The maximum absolute atomic E-state index is 12.6. The van der Waals surface area contributed by atoms with Crippen LogP contribution in [0.5, 0.6) is 0 Å². The summed E-state index contributed by atoms with van der Waals surface area (Å²) in [6.45, 7) is -0.0316. The summed E-state index contributed by atoms with van der Waals surface area (Å²) in [5, 5.41) is 34.1. The van der Waals surface area contributed by atoms with Crippen molar-refractivity contribution >= 4 is 29.3 Å². The zero-order valence-corrected chi connectivity index (χ0v) is 25.6. The number of hydrogen-bond donors (Lipinski definition) is 3. The minimum absolute atomic E-state index is 0.0316. The van der Waals surface area contributed by atoms with Crippen LogP contribution in [0.4, 0.5) is 5.69 Å². The lowest BCUT2D eigenvalue weighted by atomic mass is 10.0. The van der Waals surface area contributed by atoms with Crippen LogP contribution in [0.15, 0.2) is 84.0 Å². The van der Waals surface area contributed by atoms with Gasteiger partial charge in [-0.3, -0.25) is 9.59 Å². The molecule has 11 nitrogen and oxygen atoms in total. The fourth-order valence-electron chi connectivity index (χ4n) is 5.09. The Labute approximate surface area is 266 Å². The number of hydrogen-bond acceptors (Lipinski definition) is 9. The molecule has 4 aromatic rings. The molecule has 45 heavy (non-hydrogen) atoms. The first-order valence-electron chi connectivity index (χ1n) is 15.1. The number of carboxylic acids is 1. The third-order valence-electron chi connectivity index (χ3n) is 7.44. The van der Waals surface area contributed by atoms with Crippen molar-refractivity contribution in [3.63, 3.8) is 0 Å². The van der Waals surface area contributed by atoms with Gasteiger partial charge in [-0.2, -0.15) is 4.68 Å². The van der Waals surface area contributed by atoms with E-state index in [-0.39, 0.29) is 31.1 Å². The number of aliphatic carboxylic acids is 1. The highest BCUT2D eigenvalue weighted by Gasteiger charge is 2.33. The van der Waals surface area contributed by atoms with Gasteiger partial charge in [0.2, 0.25) is 11.1 Å². The molecular formula is C33H37N5O6S. The Morgan fingerprint density at radius 3 is 2.44 bits per heavy atom. The molecule has 3 atom stereocenters. The number of aromatic nitrogens is 4. The van der Waals surface area contributed by atoms with Crippen molar-refractivity contribution in [2.45, 2.75) is 75.2 Å². The number of anilines is 1. The third-order valence-corrected chi connectivity index (χ3v) is 8.49. The Kier molecular flexibility index (Phi) is 11.7. The van der Waals surface area contributed by atoms with Crippen molar-refractivity contribution in [2.24, 2.45) is 0 Å². The van der Waals surface area contributed by atoms with Crippen molar-refractivity contribution in [3.05, 3.63) is 95.6 Å². The summed E-state index contributed by atoms with van der Waals surface area (Å²) in [4.78, 5) is 23.3. The molecule has 236 valence electrons. The number of tetrazole rings is 1. The number of aliphatic hydroxyl groups is 1. The quantitative estimate of drug-likeness (QED) is 0.108. The van der Waals surface area contributed by atoms with E-state index in [1.54, 1.807) is 4.68 Å². The standard InChI is InChI=1S/C33H37N5O6S/c39-21-23-15-17-24(18-16-23)29-20-28(22-45-33-35-36-37-38(33)27-11-4-3-5-12-27)43-32(44-29)25-9-8-10-26(19-25)34-30(40)13-6-1-2-7-14-31(41)42/h3-5,8-12,15-19,28-29,32,39H,1-2,6-7,13-14,20-22H2,(H,34,40)(H,41,42)/t28-,29+,32+/m0/s1. The number of ether oxygens (including phenoxy) is 2. The molecule has 0 saturated carbocycles. The second kappa shape index (κ2) is 16.3. The summed E-state index contributed by atoms with van der Waals surface area (Å²) in [7, 11) is 0.